The summed E-state index contributed by atoms with van der Waals surface area (Å²) in [4.78, 5) is 32.4. The van der Waals surface area contributed by atoms with E-state index in [1.54, 1.807) is 11.3 Å². The van der Waals surface area contributed by atoms with Gasteiger partial charge < -0.3 is 22.4 Å². The molecule has 0 saturated carbocycles. The fraction of sp³-hybridized carbons (Fsp3) is 0. The van der Waals surface area contributed by atoms with Crippen LogP contribution in [0.5, 0.6) is 0 Å². The number of aromatic nitrogens is 8. The smallest absolute Gasteiger partial charge is 0.164 e. The summed E-state index contributed by atoms with van der Waals surface area (Å²) in [6.45, 7) is 0. The predicted octanol–water partition coefficient (Wildman–Crippen LogP) is 32.6. The number of fused-ring (bicyclic) bond motifs is 26. The molecule has 29 aromatic rings. The zero-order chi connectivity index (χ0) is 86.3. The van der Waals surface area contributed by atoms with E-state index in [0.29, 0.717) is 34.9 Å². The molecule has 12 heteroatoms. The molecule has 0 N–H and O–H groups in total. The Morgan fingerprint density at radius 3 is 1.32 bits per heavy atom. The minimum Gasteiger partial charge on any atom is -0.456 e. The zero-order valence-electron chi connectivity index (χ0n) is 70.5. The maximum absolute atomic E-state index is 7.33. The Labute approximate surface area is 755 Å². The molecule has 0 aliphatic carbocycles. The molecular weight excluding hydrogens is 1630 g/mol. The highest BCUT2D eigenvalue weighted by atomic mass is 32.1. The van der Waals surface area contributed by atoms with Crippen molar-refractivity contribution in [2.75, 3.05) is 0 Å². The summed E-state index contributed by atoms with van der Waals surface area (Å²) >= 11 is 1.79. The largest absolute Gasteiger partial charge is 0.456 e. The van der Waals surface area contributed by atoms with E-state index in [-0.39, 0.29) is 0 Å². The number of benzene rings is 21. The third-order valence-corrected chi connectivity index (χ3v) is 28.0. The number of thiophene rings is 1. The average molecular weight is 1700 g/mol. The van der Waals surface area contributed by atoms with Gasteiger partial charge in [-0.3, -0.25) is 0 Å². The molecule has 21 aromatic carbocycles. The Balaban J connectivity index is 0.000000132. The molecule has 612 valence electrons. The first-order valence-corrected chi connectivity index (χ1v) is 45.2. The second-order valence-electron chi connectivity index (χ2n) is 34.2. The summed E-state index contributed by atoms with van der Waals surface area (Å²) in [6, 6.07) is 146. The van der Waals surface area contributed by atoms with Gasteiger partial charge >= 0.3 is 0 Å². The average Bonchev–Trinajstić information content (AvgIpc) is 1.55. The standard InChI is InChI=1S/C61H34N4O2.C59H34N4OS/c1-2-17-39-34-51-48(33-38(39)16-1)54-41-20-7-4-14-36(41)28-31-49(54)65(51)50-32-30-47(56-45-29-27-37-15-5-8-21-42(37)57(45)67-58(50)56)61-63-59(43-23-11-18-35-13-3-6-19-40(35)43)62-60(64-61)46-24-12-26-53-55(46)44-22-9-10-25-52(44)66-53;1-2-13-35(14-3-1)36-25-27-37(28-26-36)57-60-58(44-21-12-24-53-54(44)43-20-9-11-23-52(43)65-53)62-59(61-57)45-29-30-49(56-55(45)47-32-39-16-5-7-18-41(39)34-51(47)64-56)63-48-22-10-8-19-42(48)46-31-38-15-4-6-17-40(38)33-50(46)63/h1-34H;1-34H. The van der Waals surface area contributed by atoms with Gasteiger partial charge in [-0.25, -0.2) is 29.9 Å². The van der Waals surface area contributed by atoms with E-state index in [0.717, 1.165) is 181 Å². The quantitative estimate of drug-likeness (QED) is 0.139. The first-order valence-electron chi connectivity index (χ1n) is 44.4. The minimum atomic E-state index is 0.546. The highest BCUT2D eigenvalue weighted by Gasteiger charge is 2.30. The molecule has 0 spiro atoms. The predicted molar refractivity (Wildman–Crippen MR) is 546 cm³/mol. The van der Waals surface area contributed by atoms with Crippen molar-refractivity contribution in [3.63, 3.8) is 0 Å². The highest BCUT2D eigenvalue weighted by molar-refractivity contribution is 7.26. The molecule has 8 aromatic heterocycles. The summed E-state index contributed by atoms with van der Waals surface area (Å²) in [5, 5.41) is 26.7. The van der Waals surface area contributed by atoms with Crippen LogP contribution in [0.25, 0.3) is 285 Å². The lowest BCUT2D eigenvalue weighted by atomic mass is 10.0. The number of para-hydroxylation sites is 2. The summed E-state index contributed by atoms with van der Waals surface area (Å²) < 4.78 is 28.1. The van der Waals surface area contributed by atoms with Crippen LogP contribution in [0.1, 0.15) is 0 Å². The molecule has 0 atom stereocenters. The molecule has 0 saturated heterocycles. The second-order valence-corrected chi connectivity index (χ2v) is 35.3. The summed E-state index contributed by atoms with van der Waals surface area (Å²) in [5.41, 5.74) is 18.7. The molecule has 132 heavy (non-hydrogen) atoms. The van der Waals surface area contributed by atoms with E-state index in [2.05, 4.69) is 385 Å². The lowest BCUT2D eigenvalue weighted by Gasteiger charge is -2.13. The van der Waals surface area contributed by atoms with Gasteiger partial charge in [-0.05, 0) is 174 Å². The second kappa shape index (κ2) is 29.0. The Morgan fingerprint density at radius 2 is 0.621 bits per heavy atom. The number of rotatable bonds is 9. The summed E-state index contributed by atoms with van der Waals surface area (Å²) in [6.07, 6.45) is 0. The van der Waals surface area contributed by atoms with Crippen LogP contribution in [0.15, 0.2) is 426 Å². The van der Waals surface area contributed by atoms with Crippen molar-refractivity contribution < 1.29 is 13.3 Å². The molecular formula is C120H68N8O3S. The first kappa shape index (κ1) is 73.6. The van der Waals surface area contributed by atoms with Crippen LogP contribution in [0.2, 0.25) is 0 Å². The monoisotopic (exact) mass is 1700 g/mol. The van der Waals surface area contributed by atoms with Crippen molar-refractivity contribution in [2.24, 2.45) is 0 Å². The number of nitrogens with zero attached hydrogens (tertiary/aromatic N) is 8. The maximum Gasteiger partial charge on any atom is 0.164 e. The lowest BCUT2D eigenvalue weighted by Crippen LogP contribution is -2.02. The van der Waals surface area contributed by atoms with Gasteiger partial charge in [0, 0.05) is 113 Å². The fourth-order valence-corrected chi connectivity index (χ4v) is 21.9. The van der Waals surface area contributed by atoms with Crippen molar-refractivity contribution in [1.82, 2.24) is 39.0 Å². The molecule has 0 amide bonds. The summed E-state index contributed by atoms with van der Waals surface area (Å²) in [7, 11) is 0. The van der Waals surface area contributed by atoms with Crippen LogP contribution in [-0.2, 0) is 0 Å². The molecule has 0 radical (unpaired) electrons. The van der Waals surface area contributed by atoms with Gasteiger partial charge in [-0.2, -0.15) is 0 Å². The summed E-state index contributed by atoms with van der Waals surface area (Å²) in [5.74, 6) is 3.49. The third-order valence-electron chi connectivity index (χ3n) is 26.8. The Kier molecular flexibility index (Phi) is 16.2. The van der Waals surface area contributed by atoms with Gasteiger partial charge in [-0.1, -0.05) is 309 Å². The van der Waals surface area contributed by atoms with E-state index in [9.17, 15) is 0 Å². The van der Waals surface area contributed by atoms with Gasteiger partial charge in [-0.15, -0.1) is 11.3 Å². The van der Waals surface area contributed by atoms with Crippen LogP contribution in [0.4, 0.5) is 0 Å². The minimum absolute atomic E-state index is 0.546. The van der Waals surface area contributed by atoms with Crippen LogP contribution < -0.4 is 0 Å². The van der Waals surface area contributed by atoms with E-state index in [4.69, 9.17) is 43.2 Å². The first-order chi connectivity index (χ1) is 65.4. The van der Waals surface area contributed by atoms with Gasteiger partial charge in [0.15, 0.2) is 46.1 Å². The normalized spacial score (nSPS) is 12.1. The van der Waals surface area contributed by atoms with E-state index in [1.165, 1.54) is 68.6 Å². The van der Waals surface area contributed by atoms with Gasteiger partial charge in [0.05, 0.1) is 33.4 Å². The highest BCUT2D eigenvalue weighted by Crippen LogP contribution is 2.50. The Morgan fingerprint density at radius 1 is 0.182 bits per heavy atom. The van der Waals surface area contributed by atoms with Crippen LogP contribution >= 0.6 is 11.3 Å². The van der Waals surface area contributed by atoms with Crippen LogP contribution in [0, 0.1) is 0 Å². The van der Waals surface area contributed by atoms with E-state index >= 15 is 0 Å². The van der Waals surface area contributed by atoms with Crippen LogP contribution in [-0.4, -0.2) is 39.0 Å². The molecule has 0 fully saturated rings. The van der Waals surface area contributed by atoms with Gasteiger partial charge in [0.25, 0.3) is 0 Å². The maximum atomic E-state index is 7.33. The number of hydrogen-bond acceptors (Lipinski definition) is 10. The molecule has 29 rings (SSSR count). The Hall–Kier alpha value is -17.6. The van der Waals surface area contributed by atoms with Crippen molar-refractivity contribution in [3.8, 4) is 90.8 Å². The zero-order valence-corrected chi connectivity index (χ0v) is 71.3. The molecule has 0 aliphatic heterocycles. The lowest BCUT2D eigenvalue weighted by molar-refractivity contribution is 0.667. The van der Waals surface area contributed by atoms with Crippen molar-refractivity contribution >= 4 is 206 Å². The third kappa shape index (κ3) is 11.4. The number of furan rings is 3. The molecule has 0 aliphatic rings. The molecule has 0 unspecified atom stereocenters. The van der Waals surface area contributed by atoms with Crippen molar-refractivity contribution in [3.05, 3.63) is 413 Å². The van der Waals surface area contributed by atoms with E-state index in [1.807, 2.05) is 36.4 Å². The van der Waals surface area contributed by atoms with Crippen molar-refractivity contribution in [1.29, 1.82) is 0 Å². The van der Waals surface area contributed by atoms with E-state index < -0.39 is 0 Å². The fourth-order valence-electron chi connectivity index (χ4n) is 20.8. The van der Waals surface area contributed by atoms with Gasteiger partial charge in [0.2, 0.25) is 0 Å². The SMILES string of the molecule is c1ccc(-c2ccc(-c3nc(-c4cccc5sc6ccccc6c45)nc(-c4ccc(-n5c6ccccc6c6cc7ccccc7cc65)c5oc6cc7ccccc7cc6c45)n3)cc2)cc1.c1ccc2cc3c(cc2c1)c1c2ccccc2ccc1n3-c1ccc(-c2nc(-c3cccc4ccccc34)nc(-c3cccc4oc5ccccc5c34)n2)c2c1oc1c3ccccc3ccc12. The molecule has 11 nitrogen and oxygen atoms in total. The van der Waals surface area contributed by atoms with Gasteiger partial charge in [0.1, 0.15) is 22.3 Å². The topological polar surface area (TPSA) is 127 Å². The van der Waals surface area contributed by atoms with Crippen LogP contribution in [0.3, 0.4) is 0 Å². The molecule has 8 heterocycles. The Bertz CT molecular complexity index is 9970. The number of hydrogen-bond donors (Lipinski definition) is 0. The van der Waals surface area contributed by atoms with Crippen molar-refractivity contribution in [2.45, 2.75) is 0 Å². The molecule has 0 bridgehead atoms.